The number of amidine groups is 1. The van der Waals surface area contributed by atoms with Crippen LogP contribution in [-0.2, 0) is 0 Å². The zero-order valence-electron chi connectivity index (χ0n) is 11.0. The Labute approximate surface area is 121 Å². The molecule has 0 saturated heterocycles. The molecule has 0 bridgehead atoms. The lowest BCUT2D eigenvalue weighted by molar-refractivity contribution is 0.106. The number of oxime groups is 1. The molecule has 3 N–H and O–H groups in total. The number of nitrogens with one attached hydrogen (secondary N) is 1. The van der Waals surface area contributed by atoms with Crippen LogP contribution in [0.25, 0.3) is 0 Å². The van der Waals surface area contributed by atoms with E-state index in [4.69, 9.17) is 10.4 Å². The van der Waals surface area contributed by atoms with E-state index < -0.39 is 5.78 Å². The van der Waals surface area contributed by atoms with Gasteiger partial charge in [-0.3, -0.25) is 15.5 Å². The second-order valence-corrected chi connectivity index (χ2v) is 4.05. The normalized spacial score (nSPS) is 12.0. The van der Waals surface area contributed by atoms with Gasteiger partial charge in [0.05, 0.1) is 5.69 Å². The van der Waals surface area contributed by atoms with Crippen molar-refractivity contribution in [2.75, 3.05) is 0 Å². The van der Waals surface area contributed by atoms with Crippen LogP contribution < -0.4 is 5.48 Å². The van der Waals surface area contributed by atoms with E-state index in [-0.39, 0.29) is 11.5 Å². The van der Waals surface area contributed by atoms with Gasteiger partial charge in [0.25, 0.3) is 0 Å². The molecule has 0 spiro atoms. The predicted octanol–water partition coefficient (Wildman–Crippen LogP) is 2.41. The number of carbonyl (C=O) groups excluding carboxylic acids is 1. The maximum Gasteiger partial charge on any atom is 0.218 e. The van der Waals surface area contributed by atoms with E-state index in [0.717, 1.165) is 0 Å². The van der Waals surface area contributed by atoms with Crippen molar-refractivity contribution in [3.05, 3.63) is 66.2 Å². The molecule has 106 valence electrons. The Morgan fingerprint density at radius 1 is 0.952 bits per heavy atom. The van der Waals surface area contributed by atoms with Crippen LogP contribution in [0.1, 0.15) is 10.4 Å². The SMILES string of the molecule is O=C(/C(=N/O)C(=Nc1ccccc1)NO)c1ccccc1. The fourth-order valence-corrected chi connectivity index (χ4v) is 1.69. The average molecular weight is 283 g/mol. The molecule has 0 heterocycles. The van der Waals surface area contributed by atoms with Crippen molar-refractivity contribution < 1.29 is 15.2 Å². The van der Waals surface area contributed by atoms with Crippen LogP contribution >= 0.6 is 0 Å². The van der Waals surface area contributed by atoms with Crippen molar-refractivity contribution in [2.24, 2.45) is 10.1 Å². The molecule has 6 nitrogen and oxygen atoms in total. The van der Waals surface area contributed by atoms with Crippen LogP contribution in [0.2, 0.25) is 0 Å². The Morgan fingerprint density at radius 3 is 2.05 bits per heavy atom. The minimum Gasteiger partial charge on any atom is -0.410 e. The van der Waals surface area contributed by atoms with Gasteiger partial charge >= 0.3 is 0 Å². The largest absolute Gasteiger partial charge is 0.410 e. The number of rotatable bonds is 4. The molecule has 21 heavy (non-hydrogen) atoms. The number of para-hydroxylation sites is 1. The highest BCUT2D eigenvalue weighted by Crippen LogP contribution is 2.11. The first-order valence-electron chi connectivity index (χ1n) is 6.12. The molecule has 0 atom stereocenters. The van der Waals surface area contributed by atoms with Gasteiger partial charge < -0.3 is 5.21 Å². The highest BCUT2D eigenvalue weighted by atomic mass is 16.5. The fraction of sp³-hybridized carbons (Fsp3) is 0. The summed E-state index contributed by atoms with van der Waals surface area (Å²) in [5.41, 5.74) is 2.23. The first kappa shape index (κ1) is 14.4. The van der Waals surface area contributed by atoms with Gasteiger partial charge in [-0.1, -0.05) is 53.7 Å². The summed E-state index contributed by atoms with van der Waals surface area (Å²) in [5, 5.41) is 21.2. The Kier molecular flexibility index (Phi) is 4.79. The number of hydrogen-bond donors (Lipinski definition) is 3. The fourth-order valence-electron chi connectivity index (χ4n) is 1.69. The second-order valence-electron chi connectivity index (χ2n) is 4.05. The maximum absolute atomic E-state index is 12.2. The molecule has 0 aliphatic carbocycles. The summed E-state index contributed by atoms with van der Waals surface area (Å²) in [5.74, 6) is -0.799. The molecule has 0 radical (unpaired) electrons. The summed E-state index contributed by atoms with van der Waals surface area (Å²) in [7, 11) is 0. The van der Waals surface area contributed by atoms with Gasteiger partial charge in [0.15, 0.2) is 11.5 Å². The van der Waals surface area contributed by atoms with E-state index in [9.17, 15) is 4.79 Å². The number of ketones is 1. The minimum atomic E-state index is -0.561. The summed E-state index contributed by atoms with van der Waals surface area (Å²) in [6, 6.07) is 16.9. The summed E-state index contributed by atoms with van der Waals surface area (Å²) in [6.45, 7) is 0. The summed E-state index contributed by atoms with van der Waals surface area (Å²) >= 11 is 0. The molecule has 2 rings (SSSR count). The van der Waals surface area contributed by atoms with Crippen molar-refractivity contribution in [2.45, 2.75) is 0 Å². The number of hydroxylamine groups is 1. The number of nitrogens with zero attached hydrogens (tertiary/aromatic N) is 2. The number of Topliss-reactive ketones (excluding diaryl/α,β-unsaturated/α-hetero) is 1. The average Bonchev–Trinajstić information content (AvgIpc) is 2.56. The molecule has 2 aromatic carbocycles. The lowest BCUT2D eigenvalue weighted by atomic mass is 10.1. The van der Waals surface area contributed by atoms with Crippen molar-refractivity contribution in [1.29, 1.82) is 0 Å². The molecule has 0 amide bonds. The molecule has 2 aromatic rings. The number of carbonyl (C=O) groups is 1. The molecule has 0 aliphatic rings. The Bertz CT molecular complexity index is 667. The minimum absolute atomic E-state index is 0.238. The van der Waals surface area contributed by atoms with Crippen LogP contribution in [0.4, 0.5) is 5.69 Å². The van der Waals surface area contributed by atoms with Gasteiger partial charge in [0.1, 0.15) is 0 Å². The predicted molar refractivity (Wildman–Crippen MR) is 78.5 cm³/mol. The van der Waals surface area contributed by atoms with E-state index in [2.05, 4.69) is 10.1 Å². The Morgan fingerprint density at radius 2 is 1.52 bits per heavy atom. The van der Waals surface area contributed by atoms with Crippen LogP contribution in [0, 0.1) is 0 Å². The first-order chi connectivity index (χ1) is 10.3. The number of aliphatic imine (C=N–C) groups is 1. The molecule has 0 aliphatic heterocycles. The van der Waals surface area contributed by atoms with E-state index in [1.807, 2.05) is 0 Å². The van der Waals surface area contributed by atoms with Crippen LogP contribution in [-0.4, -0.2) is 27.7 Å². The van der Waals surface area contributed by atoms with Crippen molar-refractivity contribution in [3.63, 3.8) is 0 Å². The monoisotopic (exact) mass is 283 g/mol. The third-order valence-corrected chi connectivity index (χ3v) is 2.68. The Balaban J connectivity index is 2.36. The van der Waals surface area contributed by atoms with E-state index in [0.29, 0.717) is 11.3 Å². The number of benzene rings is 2. The topological polar surface area (TPSA) is 94.3 Å². The van der Waals surface area contributed by atoms with Gasteiger partial charge in [-0.05, 0) is 12.1 Å². The third-order valence-electron chi connectivity index (χ3n) is 2.68. The standard InChI is InChI=1S/C15H13N3O3/c19-14(11-7-3-1-4-8-11)13(17-20)15(18-21)16-12-9-5-2-6-10-12/h1-10,20-21H,(H,16,18)/b17-13-. The summed E-state index contributed by atoms with van der Waals surface area (Å²) in [6.07, 6.45) is 0. The second kappa shape index (κ2) is 6.97. The molecular weight excluding hydrogens is 270 g/mol. The van der Waals surface area contributed by atoms with Crippen molar-refractivity contribution in [1.82, 2.24) is 5.48 Å². The quantitative estimate of drug-likeness (QED) is 0.264. The van der Waals surface area contributed by atoms with Gasteiger partial charge in [-0.25, -0.2) is 4.99 Å². The summed E-state index contributed by atoms with van der Waals surface area (Å²) < 4.78 is 0. The lowest BCUT2D eigenvalue weighted by Gasteiger charge is -2.06. The highest BCUT2D eigenvalue weighted by molar-refractivity contribution is 6.69. The van der Waals surface area contributed by atoms with Gasteiger partial charge in [0.2, 0.25) is 5.78 Å². The zero-order valence-corrected chi connectivity index (χ0v) is 11.0. The van der Waals surface area contributed by atoms with E-state index in [1.165, 1.54) is 0 Å². The first-order valence-corrected chi connectivity index (χ1v) is 6.12. The van der Waals surface area contributed by atoms with Gasteiger partial charge in [-0.2, -0.15) is 0 Å². The molecular formula is C15H13N3O3. The van der Waals surface area contributed by atoms with E-state index in [1.54, 1.807) is 66.1 Å². The molecule has 6 heteroatoms. The van der Waals surface area contributed by atoms with Gasteiger partial charge in [-0.15, -0.1) is 0 Å². The maximum atomic E-state index is 12.2. The van der Waals surface area contributed by atoms with Gasteiger partial charge in [0, 0.05) is 5.56 Å². The van der Waals surface area contributed by atoms with E-state index >= 15 is 0 Å². The zero-order chi connectivity index (χ0) is 15.1. The molecule has 0 aromatic heterocycles. The Hall–Kier alpha value is -2.99. The highest BCUT2D eigenvalue weighted by Gasteiger charge is 2.20. The van der Waals surface area contributed by atoms with Crippen molar-refractivity contribution >= 4 is 23.0 Å². The molecule has 0 fully saturated rings. The molecule has 0 unspecified atom stereocenters. The van der Waals surface area contributed by atoms with Crippen LogP contribution in [0.3, 0.4) is 0 Å². The van der Waals surface area contributed by atoms with Crippen LogP contribution in [0.15, 0.2) is 70.8 Å². The lowest BCUT2D eigenvalue weighted by Crippen LogP contribution is -2.34. The third kappa shape index (κ3) is 3.52. The molecule has 0 saturated carbocycles. The van der Waals surface area contributed by atoms with Crippen molar-refractivity contribution in [3.8, 4) is 0 Å². The van der Waals surface area contributed by atoms with Crippen LogP contribution in [0.5, 0.6) is 0 Å². The number of hydrogen-bond acceptors (Lipinski definition) is 5. The smallest absolute Gasteiger partial charge is 0.218 e. The summed E-state index contributed by atoms with van der Waals surface area (Å²) in [4.78, 5) is 16.3.